The minimum Gasteiger partial charge on any atom is -0.430 e. The zero-order chi connectivity index (χ0) is 26.7. The van der Waals surface area contributed by atoms with Crippen LogP contribution in [0.25, 0.3) is 0 Å². The molecule has 3 atom stereocenters. The minimum atomic E-state index is -0.720. The average Bonchev–Trinajstić information content (AvgIpc) is 2.82. The van der Waals surface area contributed by atoms with E-state index in [9.17, 15) is 14.4 Å². The van der Waals surface area contributed by atoms with Crippen LogP contribution in [0, 0.1) is 18.8 Å². The molecule has 2 N–H and O–H groups in total. The molecule has 2 rings (SSSR count). The standard InChI is InChI=1S/C28H43N3O5/c1-7-29-28(34)31(18-22-13-11-21(6)12-14-22)15-16-35-24-10-8-9-23(17-24)26(32)30-25(19(2)3)27(33)36-20(4)5/h11-14,19,23-25H,4,7-10,15-18H2,1-3,5-6H3,(H,29,34)(H,30,32)/t23?,24?,25-/m0/s1. The fraction of sp³-hybridized carbons (Fsp3) is 0.607. The van der Waals surface area contributed by atoms with Crippen molar-refractivity contribution < 1.29 is 23.9 Å². The molecular weight excluding hydrogens is 458 g/mol. The molecule has 36 heavy (non-hydrogen) atoms. The number of nitrogens with zero attached hydrogens (tertiary/aromatic N) is 1. The van der Waals surface area contributed by atoms with Crippen LogP contribution < -0.4 is 10.6 Å². The summed E-state index contributed by atoms with van der Waals surface area (Å²) >= 11 is 0. The molecule has 0 saturated heterocycles. The van der Waals surface area contributed by atoms with Gasteiger partial charge in [-0.25, -0.2) is 9.59 Å². The van der Waals surface area contributed by atoms with Gasteiger partial charge in [0.25, 0.3) is 0 Å². The lowest BCUT2D eigenvalue weighted by atomic mass is 9.86. The van der Waals surface area contributed by atoms with Gasteiger partial charge in [0.05, 0.1) is 18.5 Å². The van der Waals surface area contributed by atoms with Crippen molar-refractivity contribution in [2.24, 2.45) is 11.8 Å². The summed E-state index contributed by atoms with van der Waals surface area (Å²) in [4.78, 5) is 39.7. The van der Waals surface area contributed by atoms with E-state index in [0.717, 1.165) is 24.8 Å². The summed E-state index contributed by atoms with van der Waals surface area (Å²) in [5.74, 6) is -0.674. The molecule has 1 saturated carbocycles. The van der Waals surface area contributed by atoms with Gasteiger partial charge in [0.15, 0.2) is 0 Å². The van der Waals surface area contributed by atoms with Crippen molar-refractivity contribution in [3.05, 3.63) is 47.7 Å². The van der Waals surface area contributed by atoms with Gasteiger partial charge in [0, 0.05) is 25.6 Å². The van der Waals surface area contributed by atoms with Gasteiger partial charge in [-0.05, 0) is 51.5 Å². The van der Waals surface area contributed by atoms with E-state index in [1.54, 1.807) is 11.8 Å². The van der Waals surface area contributed by atoms with Gasteiger partial charge in [-0.3, -0.25) is 4.79 Å². The molecule has 1 aromatic rings. The third-order valence-corrected chi connectivity index (χ3v) is 6.31. The number of urea groups is 1. The maximum Gasteiger partial charge on any atom is 0.333 e. The first-order valence-electron chi connectivity index (χ1n) is 13.0. The van der Waals surface area contributed by atoms with Crippen LogP contribution in [-0.2, 0) is 25.6 Å². The zero-order valence-corrected chi connectivity index (χ0v) is 22.5. The van der Waals surface area contributed by atoms with E-state index in [-0.39, 0.29) is 29.9 Å². The van der Waals surface area contributed by atoms with Crippen LogP contribution in [-0.4, -0.2) is 54.6 Å². The van der Waals surface area contributed by atoms with Gasteiger partial charge in [-0.1, -0.05) is 56.7 Å². The summed E-state index contributed by atoms with van der Waals surface area (Å²) in [6, 6.07) is 7.30. The second-order valence-electron chi connectivity index (χ2n) is 9.95. The number of carbonyl (C=O) groups is 3. The largest absolute Gasteiger partial charge is 0.430 e. The van der Waals surface area contributed by atoms with Crippen LogP contribution in [0.15, 0.2) is 36.6 Å². The first-order valence-corrected chi connectivity index (χ1v) is 13.0. The third kappa shape index (κ3) is 9.64. The number of aryl methyl sites for hydroxylation is 1. The highest BCUT2D eigenvalue weighted by Crippen LogP contribution is 2.27. The van der Waals surface area contributed by atoms with Crippen molar-refractivity contribution in [2.75, 3.05) is 19.7 Å². The summed E-state index contributed by atoms with van der Waals surface area (Å²) in [6.45, 7) is 14.8. The fourth-order valence-corrected chi connectivity index (χ4v) is 4.30. The number of hydrogen-bond acceptors (Lipinski definition) is 5. The highest BCUT2D eigenvalue weighted by atomic mass is 16.5. The van der Waals surface area contributed by atoms with Gasteiger partial charge in [0.2, 0.25) is 5.91 Å². The molecule has 0 aromatic heterocycles. The number of amides is 3. The first kappa shape index (κ1) is 29.4. The van der Waals surface area contributed by atoms with Gasteiger partial charge in [-0.2, -0.15) is 0 Å². The number of ether oxygens (including phenoxy) is 2. The number of rotatable bonds is 12. The van der Waals surface area contributed by atoms with Gasteiger partial charge >= 0.3 is 12.0 Å². The minimum absolute atomic E-state index is 0.0650. The van der Waals surface area contributed by atoms with E-state index in [1.165, 1.54) is 5.56 Å². The summed E-state index contributed by atoms with van der Waals surface area (Å²) in [5, 5.41) is 5.75. The molecule has 0 bridgehead atoms. The van der Waals surface area contributed by atoms with Gasteiger partial charge in [0.1, 0.15) is 6.04 Å². The Kier molecular flexibility index (Phi) is 11.9. The molecule has 0 radical (unpaired) electrons. The summed E-state index contributed by atoms with van der Waals surface area (Å²) < 4.78 is 11.3. The van der Waals surface area contributed by atoms with E-state index < -0.39 is 12.0 Å². The Labute approximate surface area is 215 Å². The monoisotopic (exact) mass is 501 g/mol. The highest BCUT2D eigenvalue weighted by molar-refractivity contribution is 5.86. The van der Waals surface area contributed by atoms with Crippen LogP contribution in [0.5, 0.6) is 0 Å². The maximum absolute atomic E-state index is 13.0. The molecule has 0 heterocycles. The highest BCUT2D eigenvalue weighted by Gasteiger charge is 2.32. The van der Waals surface area contributed by atoms with Crippen molar-refractivity contribution in [2.45, 2.75) is 79.0 Å². The Morgan fingerprint density at radius 1 is 1.17 bits per heavy atom. The first-order chi connectivity index (χ1) is 17.1. The predicted molar refractivity (Wildman–Crippen MR) is 140 cm³/mol. The number of allylic oxidation sites excluding steroid dienone is 1. The molecule has 8 nitrogen and oxygen atoms in total. The van der Waals surface area contributed by atoms with E-state index in [4.69, 9.17) is 9.47 Å². The smallest absolute Gasteiger partial charge is 0.333 e. The van der Waals surface area contributed by atoms with E-state index in [0.29, 0.717) is 38.4 Å². The number of carbonyl (C=O) groups excluding carboxylic acids is 3. The Morgan fingerprint density at radius 3 is 2.47 bits per heavy atom. The Hall–Kier alpha value is -2.87. The molecule has 3 amide bonds. The van der Waals surface area contributed by atoms with Crippen molar-refractivity contribution in [3.63, 3.8) is 0 Å². The molecule has 200 valence electrons. The molecule has 1 aliphatic carbocycles. The topological polar surface area (TPSA) is 97.0 Å². The summed E-state index contributed by atoms with van der Waals surface area (Å²) in [7, 11) is 0. The van der Waals surface area contributed by atoms with Crippen molar-refractivity contribution >= 4 is 17.9 Å². The van der Waals surface area contributed by atoms with Gasteiger partial charge in [-0.15, -0.1) is 0 Å². The van der Waals surface area contributed by atoms with Crippen molar-refractivity contribution in [3.8, 4) is 0 Å². The SMILES string of the molecule is C=C(C)OC(=O)[C@@H](NC(=O)C1CCCC(OCCN(Cc2ccc(C)cc2)C(=O)NCC)C1)C(C)C. The molecule has 0 spiro atoms. The number of hydrogen-bond donors (Lipinski definition) is 2. The Bertz CT molecular complexity index is 884. The molecule has 1 aliphatic rings. The summed E-state index contributed by atoms with van der Waals surface area (Å²) in [5.41, 5.74) is 2.24. The maximum atomic E-state index is 13.0. The van der Waals surface area contributed by atoms with Crippen LogP contribution in [0.1, 0.15) is 64.5 Å². The predicted octanol–water partition coefficient (Wildman–Crippen LogP) is 4.32. The van der Waals surface area contributed by atoms with Crippen LogP contribution >= 0.6 is 0 Å². The Morgan fingerprint density at radius 2 is 1.86 bits per heavy atom. The molecular formula is C28H43N3O5. The number of nitrogens with one attached hydrogen (secondary N) is 2. The number of esters is 1. The van der Waals surface area contributed by atoms with E-state index in [2.05, 4.69) is 17.2 Å². The fourth-order valence-electron chi connectivity index (χ4n) is 4.30. The lowest BCUT2D eigenvalue weighted by molar-refractivity contribution is -0.146. The molecule has 0 aliphatic heterocycles. The third-order valence-electron chi connectivity index (χ3n) is 6.31. The Balaban J connectivity index is 1.90. The normalized spacial score (nSPS) is 18.3. The van der Waals surface area contributed by atoms with E-state index in [1.807, 2.05) is 52.0 Å². The molecule has 8 heteroatoms. The van der Waals surface area contributed by atoms with Crippen LogP contribution in [0.4, 0.5) is 4.79 Å². The van der Waals surface area contributed by atoms with Crippen LogP contribution in [0.3, 0.4) is 0 Å². The number of benzene rings is 1. The van der Waals surface area contributed by atoms with Crippen LogP contribution in [0.2, 0.25) is 0 Å². The quantitative estimate of drug-likeness (QED) is 0.328. The summed E-state index contributed by atoms with van der Waals surface area (Å²) in [6.07, 6.45) is 3.02. The second-order valence-corrected chi connectivity index (χ2v) is 9.95. The molecule has 1 aromatic carbocycles. The molecule has 1 fully saturated rings. The average molecular weight is 502 g/mol. The second kappa shape index (κ2) is 14.6. The lowest BCUT2D eigenvalue weighted by Gasteiger charge is -2.31. The van der Waals surface area contributed by atoms with Gasteiger partial charge < -0.3 is 25.0 Å². The lowest BCUT2D eigenvalue weighted by Crippen LogP contribution is -2.48. The van der Waals surface area contributed by atoms with Crippen molar-refractivity contribution in [1.82, 2.24) is 15.5 Å². The molecule has 2 unspecified atom stereocenters. The van der Waals surface area contributed by atoms with E-state index >= 15 is 0 Å². The van der Waals surface area contributed by atoms with Crippen molar-refractivity contribution in [1.29, 1.82) is 0 Å². The zero-order valence-electron chi connectivity index (χ0n) is 22.5.